The van der Waals surface area contributed by atoms with Crippen LogP contribution in [0.3, 0.4) is 0 Å². The largest absolute Gasteiger partial charge is 0.421 e. The molecule has 2 N–H and O–H groups in total. The molecule has 1 aromatic heterocycles. The van der Waals surface area contributed by atoms with E-state index < -0.39 is 11.7 Å². The predicted octanol–water partition coefficient (Wildman–Crippen LogP) is 3.93. The number of halogens is 3. The Morgan fingerprint density at radius 3 is 2.89 bits per heavy atom. The van der Waals surface area contributed by atoms with Crippen molar-refractivity contribution in [3.05, 3.63) is 41.1 Å². The molecule has 188 valence electrons. The van der Waals surface area contributed by atoms with Gasteiger partial charge in [0.2, 0.25) is 5.95 Å². The number of aromatic nitrogens is 2. The molecule has 8 nitrogen and oxygen atoms in total. The van der Waals surface area contributed by atoms with Crippen molar-refractivity contribution in [3.63, 3.8) is 0 Å². The Labute approximate surface area is 202 Å². The van der Waals surface area contributed by atoms with Crippen molar-refractivity contribution in [2.75, 3.05) is 50.4 Å². The number of nitrogens with zero attached hydrogens (tertiary/aromatic N) is 5. The summed E-state index contributed by atoms with van der Waals surface area (Å²) in [6, 6.07) is 6.21. The van der Waals surface area contributed by atoms with Gasteiger partial charge in [-0.15, -0.1) is 0 Å². The first-order chi connectivity index (χ1) is 16.8. The molecular formula is C24H30F3N7O. The fraction of sp³-hybridized carbons (Fsp3) is 0.542. The third kappa shape index (κ3) is 5.00. The van der Waals surface area contributed by atoms with Gasteiger partial charge in [0.25, 0.3) is 0 Å². The van der Waals surface area contributed by atoms with Gasteiger partial charge in [0.05, 0.1) is 6.04 Å². The van der Waals surface area contributed by atoms with Gasteiger partial charge in [0.15, 0.2) is 0 Å². The van der Waals surface area contributed by atoms with Gasteiger partial charge in [-0.25, -0.2) is 9.78 Å². The van der Waals surface area contributed by atoms with Crippen molar-refractivity contribution >= 4 is 23.5 Å². The SMILES string of the molecule is CN1CCc2c(cccc2Nc2ncc(C(F)(F)F)c(NCCCN3C[C@@H]4CCCN4C3=O)n2)C1. The molecule has 35 heavy (non-hydrogen) atoms. The number of urea groups is 1. The Hall–Kier alpha value is -3.08. The summed E-state index contributed by atoms with van der Waals surface area (Å²) in [5.74, 6) is -0.143. The smallest absolute Gasteiger partial charge is 0.369 e. The molecule has 2 saturated heterocycles. The second kappa shape index (κ2) is 9.52. The molecular weight excluding hydrogens is 459 g/mol. The van der Waals surface area contributed by atoms with E-state index in [-0.39, 0.29) is 30.4 Å². The molecule has 4 heterocycles. The number of nitrogens with one attached hydrogen (secondary N) is 2. The van der Waals surface area contributed by atoms with Gasteiger partial charge in [-0.2, -0.15) is 18.2 Å². The highest BCUT2D eigenvalue weighted by atomic mass is 19.4. The zero-order chi connectivity index (χ0) is 24.6. The topological polar surface area (TPSA) is 76.6 Å². The standard InChI is InChI=1S/C24H30F3N7O/c1-32-12-8-18-16(14-32)5-2-7-20(18)30-22-29-13-19(24(25,26)27)21(31-22)28-9-4-10-33-15-17-6-3-11-34(17)23(33)35/h2,5,7,13,17H,3-4,6,8-12,14-15H2,1H3,(H2,28,29,30,31)/t17-/m0/s1. The first kappa shape index (κ1) is 23.7. The van der Waals surface area contributed by atoms with E-state index in [0.717, 1.165) is 56.3 Å². The quantitative estimate of drug-likeness (QED) is 0.574. The first-order valence-electron chi connectivity index (χ1n) is 12.1. The summed E-state index contributed by atoms with van der Waals surface area (Å²) in [7, 11) is 2.06. The molecule has 0 bridgehead atoms. The van der Waals surface area contributed by atoms with E-state index in [4.69, 9.17) is 0 Å². The number of rotatable bonds is 7. The lowest BCUT2D eigenvalue weighted by molar-refractivity contribution is -0.137. The number of benzene rings is 1. The minimum atomic E-state index is -4.58. The van der Waals surface area contributed by atoms with Crippen molar-refractivity contribution in [1.29, 1.82) is 0 Å². The maximum atomic E-state index is 13.6. The normalized spacial score (nSPS) is 20.2. The molecule has 0 saturated carbocycles. The number of hydrogen-bond donors (Lipinski definition) is 2. The van der Waals surface area contributed by atoms with Gasteiger partial charge in [-0.1, -0.05) is 12.1 Å². The van der Waals surface area contributed by atoms with Crippen molar-refractivity contribution in [2.24, 2.45) is 0 Å². The lowest BCUT2D eigenvalue weighted by atomic mass is 9.98. The van der Waals surface area contributed by atoms with E-state index in [1.807, 2.05) is 17.0 Å². The van der Waals surface area contributed by atoms with Gasteiger partial charge in [0.1, 0.15) is 11.4 Å². The van der Waals surface area contributed by atoms with Gasteiger partial charge in [-0.3, -0.25) is 0 Å². The molecule has 1 atom stereocenters. The Balaban J connectivity index is 1.26. The van der Waals surface area contributed by atoms with Gasteiger partial charge < -0.3 is 25.3 Å². The number of likely N-dealkylation sites (N-methyl/N-ethyl adjacent to an activating group) is 1. The van der Waals surface area contributed by atoms with Crippen molar-refractivity contribution < 1.29 is 18.0 Å². The van der Waals surface area contributed by atoms with Crippen LogP contribution < -0.4 is 10.6 Å². The third-order valence-electron chi connectivity index (χ3n) is 7.02. The monoisotopic (exact) mass is 489 g/mol. The molecule has 3 aliphatic heterocycles. The van der Waals surface area contributed by atoms with Gasteiger partial charge >= 0.3 is 12.2 Å². The molecule has 0 radical (unpaired) electrons. The van der Waals surface area contributed by atoms with Crippen LogP contribution in [0.4, 0.5) is 35.4 Å². The molecule has 0 spiro atoms. The molecule has 1 aromatic carbocycles. The summed E-state index contributed by atoms with van der Waals surface area (Å²) in [5.41, 5.74) is 2.23. The predicted molar refractivity (Wildman–Crippen MR) is 127 cm³/mol. The van der Waals surface area contributed by atoms with Crippen molar-refractivity contribution in [3.8, 4) is 0 Å². The highest BCUT2D eigenvalue weighted by Gasteiger charge is 2.39. The number of carbonyl (C=O) groups excluding carboxylic acids is 1. The number of carbonyl (C=O) groups is 1. The van der Waals surface area contributed by atoms with Crippen molar-refractivity contribution in [2.45, 2.75) is 44.4 Å². The Bertz CT molecular complexity index is 1090. The molecule has 5 rings (SSSR count). The number of amides is 2. The summed E-state index contributed by atoms with van der Waals surface area (Å²) in [5, 5.41) is 5.96. The van der Waals surface area contributed by atoms with Crippen LogP contribution in [0.2, 0.25) is 0 Å². The summed E-state index contributed by atoms with van der Waals surface area (Å²) < 4.78 is 40.8. The average molecular weight is 490 g/mol. The van der Waals surface area contributed by atoms with E-state index in [9.17, 15) is 18.0 Å². The maximum Gasteiger partial charge on any atom is 0.421 e. The number of anilines is 3. The molecule has 3 aliphatic rings. The minimum Gasteiger partial charge on any atom is -0.369 e. The van der Waals surface area contributed by atoms with E-state index in [1.165, 1.54) is 5.56 Å². The molecule has 0 unspecified atom stereocenters. The number of hydrogen-bond acceptors (Lipinski definition) is 6. The lowest BCUT2D eigenvalue weighted by Crippen LogP contribution is -2.33. The number of alkyl halides is 3. The van der Waals surface area contributed by atoms with E-state index in [1.54, 1.807) is 4.90 Å². The number of fused-ring (bicyclic) bond motifs is 2. The van der Waals surface area contributed by atoms with Crippen LogP contribution in [-0.2, 0) is 19.1 Å². The maximum absolute atomic E-state index is 13.6. The van der Waals surface area contributed by atoms with Crippen molar-refractivity contribution in [1.82, 2.24) is 24.7 Å². The second-order valence-corrected chi connectivity index (χ2v) is 9.51. The first-order valence-corrected chi connectivity index (χ1v) is 12.1. The van der Waals surface area contributed by atoms with Crippen LogP contribution in [0.5, 0.6) is 0 Å². The zero-order valence-electron chi connectivity index (χ0n) is 19.7. The van der Waals surface area contributed by atoms with Crippen LogP contribution in [0, 0.1) is 0 Å². The highest BCUT2D eigenvalue weighted by Crippen LogP contribution is 2.35. The van der Waals surface area contributed by atoms with Gasteiger partial charge in [0, 0.05) is 51.2 Å². The molecule has 2 aromatic rings. The van der Waals surface area contributed by atoms with Crippen LogP contribution in [-0.4, -0.2) is 76.5 Å². The summed E-state index contributed by atoms with van der Waals surface area (Å²) in [4.78, 5) is 26.5. The highest BCUT2D eigenvalue weighted by molar-refractivity contribution is 5.77. The Morgan fingerprint density at radius 1 is 1.23 bits per heavy atom. The van der Waals surface area contributed by atoms with E-state index in [0.29, 0.717) is 19.5 Å². The van der Waals surface area contributed by atoms with Crippen LogP contribution in [0.25, 0.3) is 0 Å². The van der Waals surface area contributed by atoms with Gasteiger partial charge in [-0.05, 0) is 49.9 Å². The summed E-state index contributed by atoms with van der Waals surface area (Å²) >= 11 is 0. The molecule has 11 heteroatoms. The minimum absolute atomic E-state index is 0.0365. The fourth-order valence-corrected chi connectivity index (χ4v) is 5.23. The lowest BCUT2D eigenvalue weighted by Gasteiger charge is -2.26. The van der Waals surface area contributed by atoms with E-state index >= 15 is 0 Å². The zero-order valence-corrected chi connectivity index (χ0v) is 19.7. The molecule has 2 amide bonds. The molecule has 2 fully saturated rings. The van der Waals surface area contributed by atoms with Crippen LogP contribution in [0.15, 0.2) is 24.4 Å². The van der Waals surface area contributed by atoms with E-state index in [2.05, 4.69) is 38.6 Å². The second-order valence-electron chi connectivity index (χ2n) is 9.51. The Kier molecular flexibility index (Phi) is 6.43. The fourth-order valence-electron chi connectivity index (χ4n) is 5.23. The van der Waals surface area contributed by atoms with Crippen LogP contribution >= 0.6 is 0 Å². The average Bonchev–Trinajstić information content (AvgIpc) is 3.39. The van der Waals surface area contributed by atoms with Crippen LogP contribution in [0.1, 0.15) is 36.0 Å². The Morgan fingerprint density at radius 2 is 2.09 bits per heavy atom. The third-order valence-corrected chi connectivity index (χ3v) is 7.02. The summed E-state index contributed by atoms with van der Waals surface area (Å²) in [6.45, 7) is 3.99. The summed E-state index contributed by atoms with van der Waals surface area (Å²) in [6.07, 6.45) is -0.330. The molecule has 0 aliphatic carbocycles.